The summed E-state index contributed by atoms with van der Waals surface area (Å²) in [4.78, 5) is 2.85. The Morgan fingerprint density at radius 3 is 1.53 bits per heavy atom. The van der Waals surface area contributed by atoms with Gasteiger partial charge in [0.2, 0.25) is 0 Å². The van der Waals surface area contributed by atoms with E-state index in [9.17, 15) is 0 Å². The lowest BCUT2D eigenvalue weighted by Gasteiger charge is -2.34. The monoisotopic (exact) mass is 567 g/mol. The SMILES string of the molecule is CCCCCCCCCOP.CCCCCCN(CCCCCC)C1CCCCC1.OCCBr. The second-order valence-electron chi connectivity index (χ2n) is 9.85. The van der Waals surface area contributed by atoms with Crippen molar-refractivity contribution in [3.63, 3.8) is 0 Å². The fraction of sp³-hybridized carbons (Fsp3) is 1.00. The number of halogens is 1. The minimum atomic E-state index is 0.236. The van der Waals surface area contributed by atoms with Gasteiger partial charge in [-0.25, -0.2) is 0 Å². The summed E-state index contributed by atoms with van der Waals surface area (Å²) >= 11 is 3.00. The van der Waals surface area contributed by atoms with Crippen LogP contribution in [0.15, 0.2) is 0 Å². The lowest BCUT2D eigenvalue weighted by Crippen LogP contribution is -2.38. The highest BCUT2D eigenvalue weighted by atomic mass is 79.9. The van der Waals surface area contributed by atoms with Gasteiger partial charge < -0.3 is 14.5 Å². The number of aliphatic hydroxyl groups is 1. The fourth-order valence-corrected chi connectivity index (χ4v) is 4.72. The van der Waals surface area contributed by atoms with Gasteiger partial charge in [-0.2, -0.15) is 0 Å². The van der Waals surface area contributed by atoms with E-state index in [0.29, 0.717) is 5.33 Å². The topological polar surface area (TPSA) is 32.7 Å². The van der Waals surface area contributed by atoms with Crippen LogP contribution in [-0.4, -0.2) is 47.7 Å². The number of hydrogen-bond donors (Lipinski definition) is 1. The van der Waals surface area contributed by atoms with Gasteiger partial charge in [0, 0.05) is 20.8 Å². The summed E-state index contributed by atoms with van der Waals surface area (Å²) in [6.07, 6.45) is 28.2. The molecule has 1 atom stereocenters. The van der Waals surface area contributed by atoms with Crippen LogP contribution in [0.2, 0.25) is 0 Å². The summed E-state index contributed by atoms with van der Waals surface area (Å²) in [6, 6.07) is 0.928. The van der Waals surface area contributed by atoms with E-state index in [1.54, 1.807) is 0 Å². The van der Waals surface area contributed by atoms with Crippen LogP contribution in [0.4, 0.5) is 0 Å². The summed E-state index contributed by atoms with van der Waals surface area (Å²) < 4.78 is 4.89. The van der Waals surface area contributed by atoms with Crippen molar-refractivity contribution in [3.8, 4) is 0 Å². The molecule has 3 nitrogen and oxygen atoms in total. The van der Waals surface area contributed by atoms with Gasteiger partial charge in [-0.3, -0.25) is 0 Å². The van der Waals surface area contributed by atoms with E-state index in [4.69, 9.17) is 9.63 Å². The summed E-state index contributed by atoms with van der Waals surface area (Å²) in [5.74, 6) is 0. The molecule has 0 heterocycles. The maximum atomic E-state index is 7.83. The lowest BCUT2D eigenvalue weighted by molar-refractivity contribution is 0.150. The van der Waals surface area contributed by atoms with Crippen molar-refractivity contribution in [2.24, 2.45) is 0 Å². The molecule has 34 heavy (non-hydrogen) atoms. The Hall–Kier alpha value is 0.790. The Labute approximate surface area is 226 Å². The van der Waals surface area contributed by atoms with Crippen molar-refractivity contribution in [1.29, 1.82) is 0 Å². The average Bonchev–Trinajstić information content (AvgIpc) is 2.88. The predicted molar refractivity (Wildman–Crippen MR) is 161 cm³/mol. The molecule has 0 aromatic carbocycles. The van der Waals surface area contributed by atoms with Gasteiger partial charge in [0.05, 0.1) is 13.2 Å². The number of unbranched alkanes of at least 4 members (excludes halogenated alkanes) is 12. The van der Waals surface area contributed by atoms with Crippen molar-refractivity contribution < 1.29 is 9.63 Å². The Kier molecular flexibility index (Phi) is 36.7. The van der Waals surface area contributed by atoms with Gasteiger partial charge in [0.25, 0.3) is 0 Å². The number of hydrogen-bond acceptors (Lipinski definition) is 3. The first kappa shape index (κ1) is 36.9. The van der Waals surface area contributed by atoms with Crippen LogP contribution in [0.5, 0.6) is 0 Å². The minimum Gasteiger partial charge on any atom is -0.396 e. The highest BCUT2D eigenvalue weighted by Crippen LogP contribution is 2.23. The minimum absolute atomic E-state index is 0.236. The summed E-state index contributed by atoms with van der Waals surface area (Å²) in [5, 5.41) is 8.52. The summed E-state index contributed by atoms with van der Waals surface area (Å²) in [7, 11) is 2.29. The number of aliphatic hydroxyl groups excluding tert-OH is 1. The second-order valence-corrected chi connectivity index (χ2v) is 11.0. The van der Waals surface area contributed by atoms with Crippen molar-refractivity contribution in [2.45, 2.75) is 155 Å². The molecule has 1 rings (SSSR count). The van der Waals surface area contributed by atoms with Crippen LogP contribution >= 0.6 is 25.4 Å². The van der Waals surface area contributed by atoms with Crippen LogP contribution in [0.3, 0.4) is 0 Å². The van der Waals surface area contributed by atoms with Gasteiger partial charge in [-0.1, -0.05) is 133 Å². The molecule has 0 aromatic rings. The van der Waals surface area contributed by atoms with Crippen LogP contribution in [0.25, 0.3) is 0 Å². The molecule has 1 saturated carbocycles. The van der Waals surface area contributed by atoms with Crippen molar-refractivity contribution in [2.75, 3.05) is 31.6 Å². The average molecular weight is 569 g/mol. The van der Waals surface area contributed by atoms with Crippen molar-refractivity contribution in [1.82, 2.24) is 4.90 Å². The first-order valence-electron chi connectivity index (χ1n) is 14.9. The quantitative estimate of drug-likeness (QED) is 0.0902. The van der Waals surface area contributed by atoms with Crippen LogP contribution < -0.4 is 0 Å². The lowest BCUT2D eigenvalue weighted by atomic mass is 9.93. The molecule has 0 aliphatic heterocycles. The number of alkyl halides is 1. The molecule has 1 N–H and O–H groups in total. The fourth-order valence-electron chi connectivity index (χ4n) is 4.55. The molecular weight excluding hydrogens is 505 g/mol. The highest BCUT2D eigenvalue weighted by Gasteiger charge is 2.20. The Balaban J connectivity index is 0. The highest BCUT2D eigenvalue weighted by molar-refractivity contribution is 9.09. The molecule has 5 heteroatoms. The van der Waals surface area contributed by atoms with Gasteiger partial charge >= 0.3 is 0 Å². The third kappa shape index (κ3) is 29.0. The number of rotatable bonds is 20. The third-order valence-corrected chi connectivity index (χ3v) is 7.23. The predicted octanol–water partition coefficient (Wildman–Crippen LogP) is 9.70. The third-order valence-electron chi connectivity index (χ3n) is 6.64. The van der Waals surface area contributed by atoms with Crippen molar-refractivity contribution >= 4 is 25.4 Å². The zero-order valence-corrected chi connectivity index (χ0v) is 26.3. The van der Waals surface area contributed by atoms with E-state index < -0.39 is 0 Å². The summed E-state index contributed by atoms with van der Waals surface area (Å²) in [5.41, 5.74) is 0. The molecular formula is C29H63BrNO2P. The standard InChI is InChI=1S/C18H37N.C9H21OP.C2H5BrO/c1-3-5-7-12-16-19(17-13-8-6-4-2)18-14-10-9-11-15-18;1-2-3-4-5-6-7-8-9-10-11;3-1-2-4/h18H,3-17H2,1-2H3;2-9,11H2,1H3;4H,1-2H2. The molecule has 0 aromatic heterocycles. The molecule has 0 bridgehead atoms. The first-order chi connectivity index (χ1) is 16.7. The van der Waals surface area contributed by atoms with Gasteiger partial charge in [-0.05, 0) is 45.2 Å². The van der Waals surface area contributed by atoms with E-state index >= 15 is 0 Å². The normalized spacial score (nSPS) is 13.9. The zero-order chi connectivity index (χ0) is 25.5. The van der Waals surface area contributed by atoms with Crippen LogP contribution in [0.1, 0.15) is 149 Å². The molecule has 0 saturated heterocycles. The molecule has 1 aliphatic rings. The van der Waals surface area contributed by atoms with E-state index in [1.165, 1.54) is 142 Å². The van der Waals surface area contributed by atoms with Gasteiger partial charge in [0.15, 0.2) is 0 Å². The molecule has 1 unspecified atom stereocenters. The molecule has 0 spiro atoms. The first-order valence-corrected chi connectivity index (χ1v) is 16.5. The van der Waals surface area contributed by atoms with E-state index in [0.717, 1.165) is 12.6 Å². The molecule has 0 amide bonds. The van der Waals surface area contributed by atoms with E-state index in [2.05, 4.69) is 51.1 Å². The van der Waals surface area contributed by atoms with E-state index in [-0.39, 0.29) is 6.61 Å². The molecule has 1 aliphatic carbocycles. The van der Waals surface area contributed by atoms with Crippen molar-refractivity contribution in [3.05, 3.63) is 0 Å². The smallest absolute Gasteiger partial charge is 0.0528 e. The largest absolute Gasteiger partial charge is 0.396 e. The Morgan fingerprint density at radius 1 is 0.706 bits per heavy atom. The van der Waals surface area contributed by atoms with Crippen LogP contribution in [0, 0.1) is 0 Å². The molecule has 1 fully saturated rings. The maximum Gasteiger partial charge on any atom is 0.0528 e. The zero-order valence-electron chi connectivity index (χ0n) is 23.5. The summed E-state index contributed by atoms with van der Waals surface area (Å²) in [6.45, 7) is 10.8. The van der Waals surface area contributed by atoms with Crippen LogP contribution in [-0.2, 0) is 4.52 Å². The van der Waals surface area contributed by atoms with Gasteiger partial charge in [0.1, 0.15) is 0 Å². The Bertz CT molecular complexity index is 322. The number of nitrogens with zero attached hydrogens (tertiary/aromatic N) is 1. The molecule has 0 radical (unpaired) electrons. The Morgan fingerprint density at radius 2 is 1.12 bits per heavy atom. The molecule has 208 valence electrons. The van der Waals surface area contributed by atoms with Gasteiger partial charge in [-0.15, -0.1) is 0 Å². The maximum absolute atomic E-state index is 7.83. The second kappa shape index (κ2) is 33.8. The van der Waals surface area contributed by atoms with E-state index in [1.807, 2.05) is 0 Å².